The molecule has 98 valence electrons. The second-order valence-corrected chi connectivity index (χ2v) is 4.90. The molecule has 0 bridgehead atoms. The maximum absolute atomic E-state index is 12.1. The SMILES string of the molecule is Cc1cccnc1NC(=O)c1ccc(C(C)C)cc1. The van der Waals surface area contributed by atoms with E-state index in [1.807, 2.05) is 43.3 Å². The van der Waals surface area contributed by atoms with Gasteiger partial charge in [-0.2, -0.15) is 0 Å². The number of rotatable bonds is 3. The van der Waals surface area contributed by atoms with E-state index < -0.39 is 0 Å². The Morgan fingerprint density at radius 3 is 2.42 bits per heavy atom. The molecule has 0 atom stereocenters. The van der Waals surface area contributed by atoms with E-state index in [1.165, 1.54) is 5.56 Å². The molecule has 19 heavy (non-hydrogen) atoms. The van der Waals surface area contributed by atoms with Gasteiger partial charge in [0.25, 0.3) is 5.91 Å². The average molecular weight is 254 g/mol. The number of nitrogens with zero attached hydrogens (tertiary/aromatic N) is 1. The minimum absolute atomic E-state index is 0.128. The zero-order chi connectivity index (χ0) is 13.8. The Bertz CT molecular complexity index is 574. The van der Waals surface area contributed by atoms with E-state index in [2.05, 4.69) is 24.1 Å². The smallest absolute Gasteiger partial charge is 0.256 e. The minimum atomic E-state index is -0.128. The van der Waals surface area contributed by atoms with E-state index in [-0.39, 0.29) is 5.91 Å². The fraction of sp³-hybridized carbons (Fsp3) is 0.250. The number of nitrogens with one attached hydrogen (secondary N) is 1. The Labute approximate surface area is 113 Å². The highest BCUT2D eigenvalue weighted by Gasteiger charge is 2.08. The second-order valence-electron chi connectivity index (χ2n) is 4.90. The van der Waals surface area contributed by atoms with Crippen LogP contribution in [0.3, 0.4) is 0 Å². The quantitative estimate of drug-likeness (QED) is 0.906. The van der Waals surface area contributed by atoms with Crippen LogP contribution in [0.4, 0.5) is 5.82 Å². The summed E-state index contributed by atoms with van der Waals surface area (Å²) in [4.78, 5) is 16.3. The van der Waals surface area contributed by atoms with Crippen LogP contribution in [0.1, 0.15) is 41.3 Å². The van der Waals surface area contributed by atoms with Crippen LogP contribution in [0.15, 0.2) is 42.6 Å². The van der Waals surface area contributed by atoms with E-state index >= 15 is 0 Å². The fourth-order valence-corrected chi connectivity index (χ4v) is 1.82. The Hall–Kier alpha value is -2.16. The number of hydrogen-bond donors (Lipinski definition) is 1. The van der Waals surface area contributed by atoms with Gasteiger partial charge in [0.05, 0.1) is 0 Å². The van der Waals surface area contributed by atoms with Gasteiger partial charge in [-0.15, -0.1) is 0 Å². The molecule has 1 amide bonds. The molecular formula is C16H18N2O. The van der Waals surface area contributed by atoms with E-state index in [4.69, 9.17) is 0 Å². The van der Waals surface area contributed by atoms with Gasteiger partial charge in [-0.3, -0.25) is 4.79 Å². The maximum atomic E-state index is 12.1. The van der Waals surface area contributed by atoms with E-state index in [0.717, 1.165) is 5.56 Å². The summed E-state index contributed by atoms with van der Waals surface area (Å²) in [5, 5.41) is 2.83. The lowest BCUT2D eigenvalue weighted by Gasteiger charge is -2.08. The molecule has 0 unspecified atom stereocenters. The van der Waals surface area contributed by atoms with Crippen LogP contribution in [0.5, 0.6) is 0 Å². The van der Waals surface area contributed by atoms with Gasteiger partial charge >= 0.3 is 0 Å². The van der Waals surface area contributed by atoms with Crippen molar-refractivity contribution in [3.63, 3.8) is 0 Å². The molecule has 0 aliphatic rings. The number of benzene rings is 1. The number of aromatic nitrogens is 1. The van der Waals surface area contributed by atoms with Crippen LogP contribution in [-0.2, 0) is 0 Å². The summed E-state index contributed by atoms with van der Waals surface area (Å²) in [6.45, 7) is 6.18. The van der Waals surface area contributed by atoms with Crippen molar-refractivity contribution in [3.8, 4) is 0 Å². The van der Waals surface area contributed by atoms with Crippen molar-refractivity contribution >= 4 is 11.7 Å². The molecule has 0 spiro atoms. The molecule has 3 heteroatoms. The fourth-order valence-electron chi connectivity index (χ4n) is 1.82. The van der Waals surface area contributed by atoms with Crippen molar-refractivity contribution in [3.05, 3.63) is 59.3 Å². The summed E-state index contributed by atoms with van der Waals surface area (Å²) in [5.41, 5.74) is 2.83. The number of carbonyl (C=O) groups excluding carboxylic acids is 1. The lowest BCUT2D eigenvalue weighted by Crippen LogP contribution is -2.13. The van der Waals surface area contributed by atoms with Gasteiger partial charge in [0, 0.05) is 11.8 Å². The predicted octanol–water partition coefficient (Wildman–Crippen LogP) is 3.77. The van der Waals surface area contributed by atoms with Crippen molar-refractivity contribution in [2.24, 2.45) is 0 Å². The summed E-state index contributed by atoms with van der Waals surface area (Å²) in [7, 11) is 0. The number of aryl methyl sites for hydroxylation is 1. The molecule has 0 aliphatic carbocycles. The molecule has 3 nitrogen and oxygen atoms in total. The highest BCUT2D eigenvalue weighted by atomic mass is 16.1. The molecule has 0 aliphatic heterocycles. The first-order valence-electron chi connectivity index (χ1n) is 6.41. The third-order valence-electron chi connectivity index (χ3n) is 3.08. The molecule has 0 saturated heterocycles. The molecule has 0 radical (unpaired) electrons. The van der Waals surface area contributed by atoms with Gasteiger partial charge in [-0.05, 0) is 42.2 Å². The van der Waals surface area contributed by atoms with Crippen LogP contribution in [0.25, 0.3) is 0 Å². The summed E-state index contributed by atoms with van der Waals surface area (Å²) in [5.74, 6) is 0.952. The van der Waals surface area contributed by atoms with E-state index in [1.54, 1.807) is 6.20 Å². The van der Waals surface area contributed by atoms with Gasteiger partial charge in [-0.25, -0.2) is 4.98 Å². The van der Waals surface area contributed by atoms with Gasteiger partial charge in [-0.1, -0.05) is 32.0 Å². The van der Waals surface area contributed by atoms with Crippen LogP contribution in [0, 0.1) is 6.92 Å². The summed E-state index contributed by atoms with van der Waals surface area (Å²) in [6, 6.07) is 11.5. The summed E-state index contributed by atoms with van der Waals surface area (Å²) in [6.07, 6.45) is 1.67. The van der Waals surface area contributed by atoms with Gasteiger partial charge in [0.2, 0.25) is 0 Å². The number of amides is 1. The molecule has 1 N–H and O–H groups in total. The highest BCUT2D eigenvalue weighted by molar-refractivity contribution is 6.04. The van der Waals surface area contributed by atoms with Crippen LogP contribution < -0.4 is 5.32 Å². The normalized spacial score (nSPS) is 10.5. The first kappa shape index (κ1) is 13.3. The Balaban J connectivity index is 2.14. The Kier molecular flexibility index (Phi) is 3.95. The lowest BCUT2D eigenvalue weighted by atomic mass is 10.0. The third kappa shape index (κ3) is 3.19. The van der Waals surface area contributed by atoms with Crippen molar-refractivity contribution in [2.75, 3.05) is 5.32 Å². The van der Waals surface area contributed by atoms with Gasteiger partial charge in [0.1, 0.15) is 5.82 Å². The van der Waals surface area contributed by atoms with Crippen molar-refractivity contribution in [1.29, 1.82) is 0 Å². The van der Waals surface area contributed by atoms with Gasteiger partial charge in [0.15, 0.2) is 0 Å². The van der Waals surface area contributed by atoms with Crippen LogP contribution in [-0.4, -0.2) is 10.9 Å². The maximum Gasteiger partial charge on any atom is 0.256 e. The Morgan fingerprint density at radius 1 is 1.16 bits per heavy atom. The molecule has 2 aromatic rings. The number of hydrogen-bond acceptors (Lipinski definition) is 2. The molecule has 0 saturated carbocycles. The molecule has 2 rings (SSSR count). The third-order valence-corrected chi connectivity index (χ3v) is 3.08. The zero-order valence-corrected chi connectivity index (χ0v) is 11.5. The van der Waals surface area contributed by atoms with Crippen molar-refractivity contribution < 1.29 is 4.79 Å². The number of pyridine rings is 1. The lowest BCUT2D eigenvalue weighted by molar-refractivity contribution is 0.102. The average Bonchev–Trinajstić information content (AvgIpc) is 2.41. The van der Waals surface area contributed by atoms with E-state index in [9.17, 15) is 4.79 Å². The standard InChI is InChI=1S/C16H18N2O/c1-11(2)13-6-8-14(9-7-13)16(19)18-15-12(3)5-4-10-17-15/h4-11H,1-3H3,(H,17,18,19). The molecule has 1 heterocycles. The summed E-state index contributed by atoms with van der Waals surface area (Å²) >= 11 is 0. The molecule has 0 fully saturated rings. The molecule has 1 aromatic carbocycles. The summed E-state index contributed by atoms with van der Waals surface area (Å²) < 4.78 is 0. The largest absolute Gasteiger partial charge is 0.306 e. The van der Waals surface area contributed by atoms with Crippen LogP contribution >= 0.6 is 0 Å². The van der Waals surface area contributed by atoms with Gasteiger partial charge < -0.3 is 5.32 Å². The van der Waals surface area contributed by atoms with Crippen LogP contribution in [0.2, 0.25) is 0 Å². The minimum Gasteiger partial charge on any atom is -0.306 e. The monoisotopic (exact) mass is 254 g/mol. The molecule has 1 aromatic heterocycles. The van der Waals surface area contributed by atoms with E-state index in [0.29, 0.717) is 17.3 Å². The second kappa shape index (κ2) is 5.65. The Morgan fingerprint density at radius 2 is 1.84 bits per heavy atom. The highest BCUT2D eigenvalue weighted by Crippen LogP contribution is 2.16. The zero-order valence-electron chi connectivity index (χ0n) is 11.5. The molecular weight excluding hydrogens is 236 g/mol. The predicted molar refractivity (Wildman–Crippen MR) is 77.5 cm³/mol. The first-order valence-corrected chi connectivity index (χ1v) is 6.41. The topological polar surface area (TPSA) is 42.0 Å². The number of carbonyl (C=O) groups is 1. The first-order chi connectivity index (χ1) is 9.08. The number of anilines is 1. The van der Waals surface area contributed by atoms with Crippen molar-refractivity contribution in [2.45, 2.75) is 26.7 Å². The van der Waals surface area contributed by atoms with Crippen molar-refractivity contribution in [1.82, 2.24) is 4.98 Å².